The van der Waals surface area contributed by atoms with Crippen LogP contribution in [0.2, 0.25) is 0 Å². The number of benzene rings is 2. The molecule has 0 spiro atoms. The second-order valence-corrected chi connectivity index (χ2v) is 8.06. The second-order valence-electron chi connectivity index (χ2n) is 8.06. The van der Waals surface area contributed by atoms with Crippen molar-refractivity contribution >= 4 is 22.8 Å². The Hall–Kier alpha value is -4.10. The Bertz CT molecular complexity index is 1410. The SMILES string of the molecule is CN(C)CCOc1ccc(/C=C/C(=O)c2ccccc2-c2cc(=O)[nH]c3ccc(F)cc23)cn1. The van der Waals surface area contributed by atoms with Crippen LogP contribution < -0.4 is 10.3 Å². The molecule has 4 aromatic rings. The lowest BCUT2D eigenvalue weighted by molar-refractivity contribution is 0.104. The zero-order valence-electron chi connectivity index (χ0n) is 18.9. The number of rotatable bonds is 8. The predicted molar refractivity (Wildman–Crippen MR) is 132 cm³/mol. The number of aromatic amines is 1. The highest BCUT2D eigenvalue weighted by Crippen LogP contribution is 2.30. The molecule has 0 unspecified atom stereocenters. The van der Waals surface area contributed by atoms with E-state index in [9.17, 15) is 14.0 Å². The maximum atomic E-state index is 13.9. The maximum absolute atomic E-state index is 13.9. The maximum Gasteiger partial charge on any atom is 0.249 e. The monoisotopic (exact) mass is 457 g/mol. The minimum absolute atomic E-state index is 0.244. The number of carbonyl (C=O) groups excluding carboxylic acids is 1. The Morgan fingerprint density at radius 1 is 1.09 bits per heavy atom. The van der Waals surface area contributed by atoms with Crippen LogP contribution in [0.4, 0.5) is 4.39 Å². The molecule has 4 rings (SSSR count). The van der Waals surface area contributed by atoms with E-state index in [1.807, 2.05) is 25.1 Å². The topological polar surface area (TPSA) is 75.3 Å². The van der Waals surface area contributed by atoms with Gasteiger partial charge in [0.05, 0.1) is 0 Å². The molecule has 172 valence electrons. The molecule has 0 saturated carbocycles. The highest BCUT2D eigenvalue weighted by molar-refractivity contribution is 6.12. The van der Waals surface area contributed by atoms with Crippen molar-refractivity contribution in [2.24, 2.45) is 0 Å². The van der Waals surface area contributed by atoms with Gasteiger partial charge in [0.1, 0.15) is 12.4 Å². The van der Waals surface area contributed by atoms with E-state index in [1.165, 1.54) is 30.3 Å². The molecular weight excluding hydrogens is 433 g/mol. The minimum Gasteiger partial charge on any atom is -0.476 e. The molecule has 0 aliphatic carbocycles. The summed E-state index contributed by atoms with van der Waals surface area (Å²) in [5.41, 5.74) is 2.38. The number of hydrogen-bond donors (Lipinski definition) is 1. The van der Waals surface area contributed by atoms with E-state index in [-0.39, 0.29) is 11.3 Å². The largest absolute Gasteiger partial charge is 0.476 e. The van der Waals surface area contributed by atoms with Crippen molar-refractivity contribution in [3.8, 4) is 17.0 Å². The number of halogens is 1. The predicted octanol–water partition coefficient (Wildman–Crippen LogP) is 4.57. The van der Waals surface area contributed by atoms with Crippen LogP contribution >= 0.6 is 0 Å². The van der Waals surface area contributed by atoms with Gasteiger partial charge in [-0.2, -0.15) is 0 Å². The Labute approximate surface area is 196 Å². The molecule has 0 aliphatic rings. The number of likely N-dealkylation sites (N-methyl/N-ethyl adjacent to an activating group) is 1. The lowest BCUT2D eigenvalue weighted by atomic mass is 9.94. The first-order valence-corrected chi connectivity index (χ1v) is 10.8. The van der Waals surface area contributed by atoms with Gasteiger partial charge in [0, 0.05) is 41.3 Å². The number of ether oxygens (including phenoxy) is 1. The van der Waals surface area contributed by atoms with E-state index in [1.54, 1.807) is 42.6 Å². The van der Waals surface area contributed by atoms with Gasteiger partial charge in [-0.15, -0.1) is 0 Å². The summed E-state index contributed by atoms with van der Waals surface area (Å²) in [5.74, 6) is -0.151. The summed E-state index contributed by atoms with van der Waals surface area (Å²) in [6, 6.07) is 16.1. The highest BCUT2D eigenvalue weighted by atomic mass is 19.1. The van der Waals surface area contributed by atoms with Crippen LogP contribution in [-0.4, -0.2) is 47.9 Å². The quantitative estimate of drug-likeness (QED) is 0.310. The fourth-order valence-corrected chi connectivity index (χ4v) is 3.55. The molecule has 34 heavy (non-hydrogen) atoms. The van der Waals surface area contributed by atoms with E-state index in [2.05, 4.69) is 9.97 Å². The average molecular weight is 458 g/mol. The number of H-pyrrole nitrogens is 1. The molecule has 0 bridgehead atoms. The third kappa shape index (κ3) is 5.44. The molecule has 0 amide bonds. The van der Waals surface area contributed by atoms with Crippen LogP contribution in [0, 0.1) is 5.82 Å². The summed E-state index contributed by atoms with van der Waals surface area (Å²) >= 11 is 0. The molecule has 0 fully saturated rings. The number of fused-ring (bicyclic) bond motifs is 1. The van der Waals surface area contributed by atoms with Crippen LogP contribution in [-0.2, 0) is 0 Å². The molecule has 7 heteroatoms. The van der Waals surface area contributed by atoms with Crippen molar-refractivity contribution < 1.29 is 13.9 Å². The van der Waals surface area contributed by atoms with Gasteiger partial charge in [-0.3, -0.25) is 9.59 Å². The number of nitrogens with zero attached hydrogens (tertiary/aromatic N) is 2. The molecule has 6 nitrogen and oxygen atoms in total. The molecule has 2 aromatic heterocycles. The van der Waals surface area contributed by atoms with Gasteiger partial charge >= 0.3 is 0 Å². The van der Waals surface area contributed by atoms with Crippen LogP contribution in [0.5, 0.6) is 5.88 Å². The summed E-state index contributed by atoms with van der Waals surface area (Å²) < 4.78 is 19.5. The zero-order chi connectivity index (χ0) is 24.1. The standard InChI is InChI=1S/C27H24FN3O3/c1-31(2)13-14-34-27-12-8-18(17-29-27)7-11-25(32)21-6-4-3-5-20(21)22-16-26(33)30-24-10-9-19(28)15-23(22)24/h3-12,15-17H,13-14H2,1-2H3,(H,30,33)/b11-7+. The molecule has 1 N–H and O–H groups in total. The van der Waals surface area contributed by atoms with Gasteiger partial charge in [0.2, 0.25) is 11.4 Å². The molecule has 0 atom stereocenters. The molecule has 2 aromatic carbocycles. The van der Waals surface area contributed by atoms with Crippen LogP contribution in [0.15, 0.2) is 77.7 Å². The molecule has 0 aliphatic heterocycles. The van der Waals surface area contributed by atoms with E-state index in [4.69, 9.17) is 4.74 Å². The number of nitrogens with one attached hydrogen (secondary N) is 1. The molecule has 0 radical (unpaired) electrons. The first-order valence-electron chi connectivity index (χ1n) is 10.8. The van der Waals surface area contributed by atoms with Crippen molar-refractivity contribution in [2.75, 3.05) is 27.2 Å². The van der Waals surface area contributed by atoms with Gasteiger partial charge in [0.15, 0.2) is 5.78 Å². The number of carbonyl (C=O) groups is 1. The average Bonchev–Trinajstić information content (AvgIpc) is 2.83. The van der Waals surface area contributed by atoms with Crippen LogP contribution in [0.3, 0.4) is 0 Å². The first kappa shape index (κ1) is 23.1. The van der Waals surface area contributed by atoms with E-state index < -0.39 is 5.82 Å². The van der Waals surface area contributed by atoms with Crippen molar-refractivity contribution in [3.63, 3.8) is 0 Å². The Kier molecular flexibility index (Phi) is 6.94. The molecular formula is C27H24FN3O3. The lowest BCUT2D eigenvalue weighted by Gasteiger charge is -2.11. The number of aromatic nitrogens is 2. The first-order chi connectivity index (χ1) is 16.4. The van der Waals surface area contributed by atoms with Crippen molar-refractivity contribution in [2.45, 2.75) is 0 Å². The van der Waals surface area contributed by atoms with Gasteiger partial charge in [-0.05, 0) is 67.2 Å². The minimum atomic E-state index is -0.425. The second kappa shape index (κ2) is 10.2. The summed E-state index contributed by atoms with van der Waals surface area (Å²) in [4.78, 5) is 34.3. The van der Waals surface area contributed by atoms with Crippen molar-refractivity contribution in [1.82, 2.24) is 14.9 Å². The molecule has 2 heterocycles. The zero-order valence-corrected chi connectivity index (χ0v) is 18.9. The van der Waals surface area contributed by atoms with Gasteiger partial charge in [0.25, 0.3) is 0 Å². The number of allylic oxidation sites excluding steroid dienone is 1. The normalized spacial score (nSPS) is 11.4. The summed E-state index contributed by atoms with van der Waals surface area (Å²) in [6.07, 6.45) is 4.76. The number of hydrogen-bond acceptors (Lipinski definition) is 5. The Morgan fingerprint density at radius 2 is 1.91 bits per heavy atom. The van der Waals surface area contributed by atoms with E-state index in [0.29, 0.717) is 40.1 Å². The fraction of sp³-hybridized carbons (Fsp3) is 0.148. The Morgan fingerprint density at radius 3 is 2.68 bits per heavy atom. The van der Waals surface area contributed by atoms with Gasteiger partial charge < -0.3 is 14.6 Å². The lowest BCUT2D eigenvalue weighted by Crippen LogP contribution is -2.19. The highest BCUT2D eigenvalue weighted by Gasteiger charge is 2.14. The van der Waals surface area contributed by atoms with Crippen molar-refractivity contribution in [3.05, 3.63) is 100 Å². The number of ketones is 1. The Balaban J connectivity index is 1.60. The van der Waals surface area contributed by atoms with Gasteiger partial charge in [-0.25, -0.2) is 9.37 Å². The van der Waals surface area contributed by atoms with Crippen LogP contribution in [0.1, 0.15) is 15.9 Å². The van der Waals surface area contributed by atoms with Crippen molar-refractivity contribution in [1.29, 1.82) is 0 Å². The van der Waals surface area contributed by atoms with Crippen LogP contribution in [0.25, 0.3) is 28.1 Å². The van der Waals surface area contributed by atoms with E-state index in [0.717, 1.165) is 12.1 Å². The fourth-order valence-electron chi connectivity index (χ4n) is 3.55. The van der Waals surface area contributed by atoms with E-state index >= 15 is 0 Å². The third-order valence-electron chi connectivity index (χ3n) is 5.26. The van der Waals surface area contributed by atoms with Gasteiger partial charge in [-0.1, -0.05) is 24.3 Å². The molecule has 0 saturated heterocycles. The summed E-state index contributed by atoms with van der Waals surface area (Å²) in [6.45, 7) is 1.32. The third-order valence-corrected chi connectivity index (χ3v) is 5.26. The summed E-state index contributed by atoms with van der Waals surface area (Å²) in [7, 11) is 3.94. The smallest absolute Gasteiger partial charge is 0.249 e. The summed E-state index contributed by atoms with van der Waals surface area (Å²) in [5, 5.41) is 0.526. The number of pyridine rings is 2.